The van der Waals surface area contributed by atoms with Gasteiger partial charge in [0.15, 0.2) is 0 Å². The van der Waals surface area contributed by atoms with Gasteiger partial charge in [0, 0.05) is 36.1 Å². The Morgan fingerprint density at radius 3 is 2.36 bits per heavy atom. The Morgan fingerprint density at radius 2 is 1.69 bits per heavy atom. The summed E-state index contributed by atoms with van der Waals surface area (Å²) in [6.45, 7) is 4.78. The van der Waals surface area contributed by atoms with E-state index in [2.05, 4.69) is 36.2 Å². The van der Waals surface area contributed by atoms with Crippen molar-refractivity contribution in [2.24, 2.45) is 11.8 Å². The van der Waals surface area contributed by atoms with Crippen molar-refractivity contribution in [2.75, 3.05) is 18.6 Å². The Bertz CT molecular complexity index is 1260. The maximum atomic E-state index is 13.9. The molecule has 6 heteroatoms. The molecule has 0 unspecified atom stereocenters. The number of ether oxygens (including phenoxy) is 1. The van der Waals surface area contributed by atoms with Gasteiger partial charge in [-0.05, 0) is 118 Å². The highest BCUT2D eigenvalue weighted by Crippen LogP contribution is 2.38. The van der Waals surface area contributed by atoms with E-state index in [9.17, 15) is 9.90 Å². The monoisotopic (exact) mass is 527 g/mol. The number of aromatic nitrogens is 2. The molecule has 2 aliphatic carbocycles. The molecule has 2 saturated carbocycles. The average molecular weight is 528 g/mol. The lowest BCUT2D eigenvalue weighted by atomic mass is 9.78. The summed E-state index contributed by atoms with van der Waals surface area (Å²) in [6.07, 6.45) is 10.7. The van der Waals surface area contributed by atoms with E-state index < -0.39 is 0 Å². The topological polar surface area (TPSA) is 75.5 Å². The highest BCUT2D eigenvalue weighted by molar-refractivity contribution is 5.94. The lowest BCUT2D eigenvalue weighted by Gasteiger charge is -2.35. The number of carbonyl (C=O) groups excluding carboxylic acids is 1. The summed E-state index contributed by atoms with van der Waals surface area (Å²) >= 11 is 0. The number of hydrogen-bond donors (Lipinski definition) is 1. The minimum absolute atomic E-state index is 0.0569. The molecule has 2 fully saturated rings. The summed E-state index contributed by atoms with van der Waals surface area (Å²) in [6, 6.07) is 14.7. The number of benzene rings is 1. The summed E-state index contributed by atoms with van der Waals surface area (Å²) in [4.78, 5) is 25.0. The number of carbonyl (C=O) groups is 1. The van der Waals surface area contributed by atoms with Crippen molar-refractivity contribution in [2.45, 2.75) is 77.2 Å². The molecule has 39 heavy (non-hydrogen) atoms. The number of pyridine rings is 2. The second kappa shape index (κ2) is 12.3. The van der Waals surface area contributed by atoms with Gasteiger partial charge in [0.2, 0.25) is 5.91 Å². The third-order valence-corrected chi connectivity index (χ3v) is 8.76. The molecular weight excluding hydrogens is 486 g/mol. The molecule has 6 nitrogen and oxygen atoms in total. The van der Waals surface area contributed by atoms with Gasteiger partial charge in [-0.25, -0.2) is 4.98 Å². The summed E-state index contributed by atoms with van der Waals surface area (Å²) in [5.41, 5.74) is 5.59. The van der Waals surface area contributed by atoms with Crippen LogP contribution in [0.15, 0.2) is 54.9 Å². The van der Waals surface area contributed by atoms with Gasteiger partial charge in [0.05, 0.1) is 13.2 Å². The van der Waals surface area contributed by atoms with Crippen molar-refractivity contribution in [3.8, 4) is 16.9 Å². The van der Waals surface area contributed by atoms with Crippen LogP contribution in [0.2, 0.25) is 0 Å². The van der Waals surface area contributed by atoms with E-state index in [1.807, 2.05) is 36.2 Å². The summed E-state index contributed by atoms with van der Waals surface area (Å²) in [5.74, 6) is 2.74. The fourth-order valence-electron chi connectivity index (χ4n) is 6.32. The second-order valence-corrected chi connectivity index (χ2v) is 11.5. The van der Waals surface area contributed by atoms with Crippen LogP contribution in [0.5, 0.6) is 5.75 Å². The molecule has 0 spiro atoms. The number of aliphatic hydroxyl groups excluding tert-OH is 1. The first-order valence-corrected chi connectivity index (χ1v) is 14.4. The van der Waals surface area contributed by atoms with Crippen LogP contribution in [0, 0.1) is 25.7 Å². The molecule has 2 aliphatic rings. The Balaban J connectivity index is 1.33. The molecule has 0 aliphatic heterocycles. The van der Waals surface area contributed by atoms with Gasteiger partial charge in [-0.3, -0.25) is 14.7 Å². The normalized spacial score (nSPS) is 23.3. The molecule has 2 aromatic heterocycles. The molecule has 2 heterocycles. The minimum atomic E-state index is -0.283. The summed E-state index contributed by atoms with van der Waals surface area (Å²) in [7, 11) is 1.72. The largest absolute Gasteiger partial charge is 0.496 e. The van der Waals surface area contributed by atoms with Crippen molar-refractivity contribution in [1.29, 1.82) is 0 Å². The smallest absolute Gasteiger partial charge is 0.231 e. The van der Waals surface area contributed by atoms with E-state index in [-0.39, 0.29) is 17.9 Å². The maximum Gasteiger partial charge on any atom is 0.231 e. The van der Waals surface area contributed by atoms with Crippen molar-refractivity contribution < 1.29 is 14.6 Å². The van der Waals surface area contributed by atoms with Crippen LogP contribution < -0.4 is 9.64 Å². The molecule has 0 saturated heterocycles. The average Bonchev–Trinajstić information content (AvgIpc) is 2.97. The summed E-state index contributed by atoms with van der Waals surface area (Å²) < 4.78 is 5.45. The number of aliphatic hydroxyl groups is 1. The van der Waals surface area contributed by atoms with Crippen LogP contribution in [0.1, 0.15) is 74.1 Å². The van der Waals surface area contributed by atoms with Gasteiger partial charge in [0.25, 0.3) is 0 Å². The van der Waals surface area contributed by atoms with E-state index in [1.54, 1.807) is 13.3 Å². The van der Waals surface area contributed by atoms with Crippen LogP contribution in [-0.2, 0) is 4.79 Å². The highest BCUT2D eigenvalue weighted by atomic mass is 16.5. The molecule has 3 aromatic rings. The van der Waals surface area contributed by atoms with Crippen molar-refractivity contribution in [3.05, 3.63) is 71.7 Å². The third-order valence-electron chi connectivity index (χ3n) is 8.76. The first-order valence-electron chi connectivity index (χ1n) is 14.4. The SMILES string of the molecule is COc1ccc(C2CCC(CN(C(=O)C3CCC(O)CC3)c3cc(-c4ccc(C)nc4)ccn3)CC2)cc1C. The molecule has 0 atom stereocenters. The van der Waals surface area contributed by atoms with Crippen LogP contribution in [0.4, 0.5) is 5.82 Å². The van der Waals surface area contributed by atoms with E-state index >= 15 is 0 Å². The number of aryl methyl sites for hydroxylation is 2. The first kappa shape index (κ1) is 27.3. The zero-order valence-corrected chi connectivity index (χ0v) is 23.5. The first-order chi connectivity index (χ1) is 18.9. The number of amides is 1. The second-order valence-electron chi connectivity index (χ2n) is 11.5. The molecule has 0 radical (unpaired) electrons. The quantitative estimate of drug-likeness (QED) is 0.373. The predicted molar refractivity (Wildman–Crippen MR) is 155 cm³/mol. The molecule has 5 rings (SSSR count). The van der Waals surface area contributed by atoms with Gasteiger partial charge in [0.1, 0.15) is 11.6 Å². The zero-order valence-electron chi connectivity index (χ0n) is 23.5. The fraction of sp³-hybridized carbons (Fsp3) is 0.485. The lowest BCUT2D eigenvalue weighted by Crippen LogP contribution is -2.42. The molecule has 1 N–H and O–H groups in total. The molecule has 206 valence electrons. The van der Waals surface area contributed by atoms with Gasteiger partial charge >= 0.3 is 0 Å². The van der Waals surface area contributed by atoms with Crippen LogP contribution >= 0.6 is 0 Å². The van der Waals surface area contributed by atoms with E-state index in [1.165, 1.54) is 11.1 Å². The van der Waals surface area contributed by atoms with Gasteiger partial charge in [-0.1, -0.05) is 18.2 Å². The van der Waals surface area contributed by atoms with Gasteiger partial charge in [-0.2, -0.15) is 0 Å². The Kier molecular flexibility index (Phi) is 8.61. The minimum Gasteiger partial charge on any atom is -0.496 e. The van der Waals surface area contributed by atoms with Crippen molar-refractivity contribution >= 4 is 11.7 Å². The Morgan fingerprint density at radius 1 is 0.923 bits per heavy atom. The fourth-order valence-corrected chi connectivity index (χ4v) is 6.32. The molecule has 0 bridgehead atoms. The Labute approximate surface area is 232 Å². The number of nitrogens with zero attached hydrogens (tertiary/aromatic N) is 3. The maximum absolute atomic E-state index is 13.9. The number of hydrogen-bond acceptors (Lipinski definition) is 5. The highest BCUT2D eigenvalue weighted by Gasteiger charge is 2.33. The van der Waals surface area contributed by atoms with Crippen molar-refractivity contribution in [3.63, 3.8) is 0 Å². The van der Waals surface area contributed by atoms with Gasteiger partial charge in [-0.15, -0.1) is 0 Å². The number of anilines is 1. The van der Waals surface area contributed by atoms with Crippen LogP contribution in [0.3, 0.4) is 0 Å². The molecule has 1 aromatic carbocycles. The van der Waals surface area contributed by atoms with Crippen LogP contribution in [-0.4, -0.2) is 40.7 Å². The third kappa shape index (κ3) is 6.50. The lowest BCUT2D eigenvalue weighted by molar-refractivity contribution is -0.124. The molecule has 1 amide bonds. The number of rotatable bonds is 7. The van der Waals surface area contributed by atoms with E-state index in [0.717, 1.165) is 66.9 Å². The van der Waals surface area contributed by atoms with E-state index in [0.29, 0.717) is 31.2 Å². The zero-order chi connectivity index (χ0) is 27.4. The number of methoxy groups -OCH3 is 1. The van der Waals surface area contributed by atoms with Crippen molar-refractivity contribution in [1.82, 2.24) is 9.97 Å². The van der Waals surface area contributed by atoms with Gasteiger partial charge < -0.3 is 9.84 Å². The Hall–Kier alpha value is -3.25. The van der Waals surface area contributed by atoms with E-state index in [4.69, 9.17) is 9.72 Å². The standard InChI is InChI=1S/C33H41N3O3/c1-22-18-27(12-15-31(22)39-3)25-8-5-24(6-9-25)21-36(33(38)26-10-13-30(37)14-11-26)32-19-28(16-17-34-32)29-7-4-23(2)35-20-29/h4,7,12,15-20,24-26,30,37H,5-6,8-11,13-14,21H2,1-3H3. The molecular formula is C33H41N3O3. The predicted octanol–water partition coefficient (Wildman–Crippen LogP) is 6.63. The summed E-state index contributed by atoms with van der Waals surface area (Å²) in [5, 5.41) is 10.0. The van der Waals surface area contributed by atoms with Crippen LogP contribution in [0.25, 0.3) is 11.1 Å².